The highest BCUT2D eigenvalue weighted by Crippen LogP contribution is 2.41. The van der Waals surface area contributed by atoms with E-state index in [0.29, 0.717) is 17.7 Å². The summed E-state index contributed by atoms with van der Waals surface area (Å²) in [5, 5.41) is 5.89. The Labute approximate surface area is 233 Å². The fourth-order valence-electron chi connectivity index (χ4n) is 4.66. The SMILES string of the molecule is C=Cc1cccc(C(C(=O)Nc2ccccc2C)N(C(=O)C(NC(=O)OC(C)(C)C)C(C)CC)C2CC2C)c1. The fraction of sp³-hybridized carbons (Fsp3) is 0.469. The molecule has 1 fully saturated rings. The first-order chi connectivity index (χ1) is 18.4. The Morgan fingerprint density at radius 1 is 1.15 bits per heavy atom. The summed E-state index contributed by atoms with van der Waals surface area (Å²) in [6.45, 7) is 17.1. The molecule has 2 N–H and O–H groups in total. The largest absolute Gasteiger partial charge is 0.444 e. The molecule has 0 aromatic heterocycles. The van der Waals surface area contributed by atoms with Crippen LogP contribution in [0.5, 0.6) is 0 Å². The van der Waals surface area contributed by atoms with Crippen molar-refractivity contribution in [1.29, 1.82) is 0 Å². The average Bonchev–Trinajstić information content (AvgIpc) is 3.60. The molecule has 0 aliphatic heterocycles. The quantitative estimate of drug-likeness (QED) is 0.365. The molecule has 1 aliphatic rings. The molecule has 7 heteroatoms. The Kier molecular flexibility index (Phi) is 9.59. The lowest BCUT2D eigenvalue weighted by atomic mass is 9.95. The zero-order chi connectivity index (χ0) is 28.9. The Bertz CT molecular complexity index is 1200. The van der Waals surface area contributed by atoms with E-state index >= 15 is 0 Å². The predicted molar refractivity (Wildman–Crippen MR) is 156 cm³/mol. The van der Waals surface area contributed by atoms with Crippen molar-refractivity contribution < 1.29 is 19.1 Å². The molecule has 0 radical (unpaired) electrons. The lowest BCUT2D eigenvalue weighted by Crippen LogP contribution is -2.55. The molecule has 3 rings (SSSR count). The van der Waals surface area contributed by atoms with Crippen molar-refractivity contribution in [2.75, 3.05) is 5.32 Å². The van der Waals surface area contributed by atoms with Crippen LogP contribution in [0.2, 0.25) is 0 Å². The van der Waals surface area contributed by atoms with E-state index in [4.69, 9.17) is 4.74 Å². The third-order valence-electron chi connectivity index (χ3n) is 7.22. The van der Waals surface area contributed by atoms with Gasteiger partial charge in [-0.1, -0.05) is 76.2 Å². The minimum absolute atomic E-state index is 0.135. The van der Waals surface area contributed by atoms with Crippen LogP contribution in [0.3, 0.4) is 0 Å². The van der Waals surface area contributed by atoms with Gasteiger partial charge in [0.2, 0.25) is 5.91 Å². The van der Waals surface area contributed by atoms with Gasteiger partial charge in [-0.25, -0.2) is 4.79 Å². The molecule has 0 saturated heterocycles. The van der Waals surface area contributed by atoms with E-state index < -0.39 is 23.8 Å². The molecule has 5 unspecified atom stereocenters. The van der Waals surface area contributed by atoms with Crippen LogP contribution in [0.4, 0.5) is 10.5 Å². The molecule has 39 heavy (non-hydrogen) atoms. The molecular formula is C32H43N3O4. The number of nitrogens with zero attached hydrogens (tertiary/aromatic N) is 1. The molecule has 2 aromatic rings. The topological polar surface area (TPSA) is 87.7 Å². The molecule has 3 amide bonds. The number of benzene rings is 2. The highest BCUT2D eigenvalue weighted by Gasteiger charge is 2.49. The summed E-state index contributed by atoms with van der Waals surface area (Å²) >= 11 is 0. The Balaban J connectivity index is 2.07. The number of amides is 3. The van der Waals surface area contributed by atoms with Crippen molar-refractivity contribution in [2.45, 2.75) is 85.0 Å². The number of alkyl carbamates (subject to hydrolysis) is 1. The molecular weight excluding hydrogens is 490 g/mol. The Morgan fingerprint density at radius 2 is 1.82 bits per heavy atom. The monoisotopic (exact) mass is 533 g/mol. The van der Waals surface area contributed by atoms with E-state index in [-0.39, 0.29) is 29.7 Å². The average molecular weight is 534 g/mol. The zero-order valence-corrected chi connectivity index (χ0v) is 24.3. The number of carbonyl (C=O) groups excluding carboxylic acids is 3. The van der Waals surface area contributed by atoms with E-state index in [0.717, 1.165) is 17.5 Å². The predicted octanol–water partition coefficient (Wildman–Crippen LogP) is 6.49. The van der Waals surface area contributed by atoms with Crippen LogP contribution in [0, 0.1) is 18.8 Å². The van der Waals surface area contributed by atoms with Crippen molar-refractivity contribution in [3.05, 3.63) is 71.8 Å². The molecule has 0 heterocycles. The summed E-state index contributed by atoms with van der Waals surface area (Å²) in [7, 11) is 0. The maximum Gasteiger partial charge on any atom is 0.408 e. The minimum atomic E-state index is -0.904. The van der Waals surface area contributed by atoms with E-state index in [1.54, 1.807) is 31.7 Å². The van der Waals surface area contributed by atoms with Gasteiger partial charge in [0.15, 0.2) is 0 Å². The van der Waals surface area contributed by atoms with Crippen LogP contribution >= 0.6 is 0 Å². The van der Waals surface area contributed by atoms with Crippen LogP contribution in [-0.4, -0.2) is 40.5 Å². The molecule has 0 spiro atoms. The third kappa shape index (κ3) is 7.71. The van der Waals surface area contributed by atoms with E-state index in [1.807, 2.05) is 69.3 Å². The number of rotatable bonds is 10. The van der Waals surface area contributed by atoms with Crippen molar-refractivity contribution in [3.63, 3.8) is 0 Å². The van der Waals surface area contributed by atoms with Gasteiger partial charge in [0, 0.05) is 11.7 Å². The zero-order valence-electron chi connectivity index (χ0n) is 24.3. The fourth-order valence-corrected chi connectivity index (χ4v) is 4.66. The maximum absolute atomic E-state index is 14.4. The smallest absolute Gasteiger partial charge is 0.408 e. The second kappa shape index (κ2) is 12.5. The number of hydrogen-bond donors (Lipinski definition) is 2. The van der Waals surface area contributed by atoms with Crippen molar-refractivity contribution in [3.8, 4) is 0 Å². The number of nitrogens with one attached hydrogen (secondary N) is 2. The number of aryl methyl sites for hydroxylation is 1. The molecule has 1 aliphatic carbocycles. The van der Waals surface area contributed by atoms with E-state index in [2.05, 4.69) is 24.1 Å². The lowest BCUT2D eigenvalue weighted by Gasteiger charge is -2.36. The van der Waals surface area contributed by atoms with E-state index in [1.165, 1.54) is 0 Å². The third-order valence-corrected chi connectivity index (χ3v) is 7.22. The van der Waals surface area contributed by atoms with Crippen LogP contribution in [-0.2, 0) is 14.3 Å². The van der Waals surface area contributed by atoms with Gasteiger partial charge < -0.3 is 20.3 Å². The first-order valence-corrected chi connectivity index (χ1v) is 13.8. The summed E-state index contributed by atoms with van der Waals surface area (Å²) in [5.74, 6) is -0.554. The number of hydrogen-bond acceptors (Lipinski definition) is 4. The van der Waals surface area contributed by atoms with E-state index in [9.17, 15) is 14.4 Å². The van der Waals surface area contributed by atoms with Gasteiger partial charge in [0.25, 0.3) is 5.91 Å². The molecule has 5 atom stereocenters. The van der Waals surface area contributed by atoms with Crippen LogP contribution in [0.1, 0.15) is 77.1 Å². The molecule has 2 aromatic carbocycles. The number of ether oxygens (including phenoxy) is 1. The van der Waals surface area contributed by atoms with Gasteiger partial charge in [0.1, 0.15) is 17.7 Å². The Morgan fingerprint density at radius 3 is 2.38 bits per heavy atom. The van der Waals surface area contributed by atoms with Crippen LogP contribution < -0.4 is 10.6 Å². The normalized spacial score (nSPS) is 18.7. The number of carbonyl (C=O) groups is 3. The van der Waals surface area contributed by atoms with Crippen LogP contribution in [0.15, 0.2) is 55.1 Å². The first kappa shape index (κ1) is 29.9. The van der Waals surface area contributed by atoms with Crippen molar-refractivity contribution in [2.24, 2.45) is 11.8 Å². The summed E-state index contributed by atoms with van der Waals surface area (Å²) in [6, 6.07) is 13.2. The molecule has 0 bridgehead atoms. The minimum Gasteiger partial charge on any atom is -0.444 e. The Hall–Kier alpha value is -3.61. The molecule has 1 saturated carbocycles. The molecule has 7 nitrogen and oxygen atoms in total. The lowest BCUT2D eigenvalue weighted by molar-refractivity contribution is -0.142. The summed E-state index contributed by atoms with van der Waals surface area (Å²) in [6.07, 6.45) is 2.50. The highest BCUT2D eigenvalue weighted by molar-refractivity contribution is 5.99. The van der Waals surface area contributed by atoms with Gasteiger partial charge >= 0.3 is 6.09 Å². The van der Waals surface area contributed by atoms with Crippen molar-refractivity contribution in [1.82, 2.24) is 10.2 Å². The van der Waals surface area contributed by atoms with Gasteiger partial charge in [0.05, 0.1) is 0 Å². The second-order valence-corrected chi connectivity index (χ2v) is 11.6. The number of para-hydroxylation sites is 1. The standard InChI is InChI=1S/C32H43N3O4/c1-9-20(3)27(34-31(38)39-32(6,7)8)30(37)35(26-18-22(26)5)28(24-16-13-15-23(10-2)19-24)29(36)33-25-17-12-11-14-21(25)4/h10-17,19-20,22,26-28H,2,9,18H2,1,3-8H3,(H,33,36)(H,34,38). The van der Waals surface area contributed by atoms with Gasteiger partial charge in [-0.2, -0.15) is 0 Å². The molecule has 210 valence electrons. The summed E-state index contributed by atoms with van der Waals surface area (Å²) in [5.41, 5.74) is 2.44. The van der Waals surface area contributed by atoms with Crippen molar-refractivity contribution >= 4 is 29.7 Å². The highest BCUT2D eigenvalue weighted by atomic mass is 16.6. The number of anilines is 1. The van der Waals surface area contributed by atoms with Gasteiger partial charge in [-0.3, -0.25) is 9.59 Å². The van der Waals surface area contributed by atoms with Gasteiger partial charge in [-0.05, 0) is 74.8 Å². The van der Waals surface area contributed by atoms with Crippen LogP contribution in [0.25, 0.3) is 6.08 Å². The summed E-state index contributed by atoms with van der Waals surface area (Å²) in [4.78, 5) is 43.0. The first-order valence-electron chi connectivity index (χ1n) is 13.8. The summed E-state index contributed by atoms with van der Waals surface area (Å²) < 4.78 is 5.49. The maximum atomic E-state index is 14.4. The van der Waals surface area contributed by atoms with Gasteiger partial charge in [-0.15, -0.1) is 0 Å². The second-order valence-electron chi connectivity index (χ2n) is 11.6.